The van der Waals surface area contributed by atoms with Gasteiger partial charge in [-0.25, -0.2) is 0 Å². The van der Waals surface area contributed by atoms with Gasteiger partial charge < -0.3 is 4.74 Å². The molecule has 25 heavy (non-hydrogen) atoms. The first-order valence-corrected chi connectivity index (χ1v) is 9.58. The maximum Gasteiger partial charge on any atom is 0.286 e. The van der Waals surface area contributed by atoms with Crippen molar-refractivity contribution < 1.29 is 14.3 Å². The van der Waals surface area contributed by atoms with Crippen LogP contribution in [0.4, 0.5) is 4.79 Å². The van der Waals surface area contributed by atoms with Crippen LogP contribution in [0, 0.1) is 0 Å². The quantitative estimate of drug-likeness (QED) is 0.725. The molecule has 4 nitrogen and oxygen atoms in total. The van der Waals surface area contributed by atoms with Crippen LogP contribution < -0.4 is 10.1 Å². The number of thioether (sulfide) groups is 1. The Balaban J connectivity index is 1.47. The van der Waals surface area contributed by atoms with E-state index in [4.69, 9.17) is 4.74 Å². The lowest BCUT2D eigenvalue weighted by Gasteiger charge is -2.06. The Hall–Kier alpha value is -2.31. The summed E-state index contributed by atoms with van der Waals surface area (Å²) >= 11 is 2.72. The fourth-order valence-corrected chi connectivity index (χ4v) is 4.76. The van der Waals surface area contributed by atoms with Crippen LogP contribution in [0.3, 0.4) is 0 Å². The van der Waals surface area contributed by atoms with E-state index < -0.39 is 0 Å². The monoisotopic (exact) mass is 369 g/mol. The van der Waals surface area contributed by atoms with Crippen molar-refractivity contribution in [1.29, 1.82) is 0 Å². The minimum absolute atomic E-state index is 0.195. The smallest absolute Gasteiger partial charge is 0.286 e. The Morgan fingerprint density at radius 2 is 1.88 bits per heavy atom. The van der Waals surface area contributed by atoms with Crippen molar-refractivity contribution in [3.05, 3.63) is 65.0 Å². The van der Waals surface area contributed by atoms with Crippen LogP contribution in [0.2, 0.25) is 0 Å². The second-order valence-corrected chi connectivity index (χ2v) is 8.12. The summed E-state index contributed by atoms with van der Waals surface area (Å²) in [5.41, 5.74) is 1.13. The van der Waals surface area contributed by atoms with Gasteiger partial charge in [0.1, 0.15) is 12.4 Å². The number of thiophene rings is 1. The van der Waals surface area contributed by atoms with Crippen LogP contribution >= 0.6 is 23.1 Å². The Morgan fingerprint density at radius 1 is 1.04 bits per heavy atom. The summed E-state index contributed by atoms with van der Waals surface area (Å²) < 4.78 is 7.02. The molecule has 0 bridgehead atoms. The summed E-state index contributed by atoms with van der Waals surface area (Å²) in [4.78, 5) is 24.1. The zero-order valence-electron chi connectivity index (χ0n) is 13.2. The van der Waals surface area contributed by atoms with Gasteiger partial charge in [0.2, 0.25) is 5.91 Å². The summed E-state index contributed by atoms with van der Waals surface area (Å²) in [6, 6.07) is 18.1. The van der Waals surface area contributed by atoms with Crippen molar-refractivity contribution in [2.24, 2.45) is 0 Å². The summed E-state index contributed by atoms with van der Waals surface area (Å²) in [6.45, 7) is 0.532. The van der Waals surface area contributed by atoms with Crippen molar-refractivity contribution in [3.63, 3.8) is 0 Å². The van der Waals surface area contributed by atoms with Crippen molar-refractivity contribution in [2.45, 2.75) is 18.3 Å². The highest BCUT2D eigenvalue weighted by Crippen LogP contribution is 2.32. The Labute approximate surface area is 153 Å². The molecule has 2 aromatic carbocycles. The molecule has 1 aliphatic rings. The van der Waals surface area contributed by atoms with Crippen LogP contribution in [0.5, 0.6) is 5.75 Å². The Morgan fingerprint density at radius 3 is 2.64 bits per heavy atom. The number of hydrogen-bond donors (Lipinski definition) is 1. The van der Waals surface area contributed by atoms with E-state index >= 15 is 0 Å². The van der Waals surface area contributed by atoms with E-state index in [1.54, 1.807) is 11.3 Å². The van der Waals surface area contributed by atoms with Gasteiger partial charge in [-0.15, -0.1) is 11.3 Å². The molecular weight excluding hydrogens is 354 g/mol. The van der Waals surface area contributed by atoms with Crippen molar-refractivity contribution in [2.75, 3.05) is 0 Å². The zero-order chi connectivity index (χ0) is 17.2. The van der Waals surface area contributed by atoms with Crippen LogP contribution in [0.15, 0.2) is 54.6 Å². The van der Waals surface area contributed by atoms with Gasteiger partial charge in [-0.1, -0.05) is 42.1 Å². The molecule has 1 aromatic heterocycles. The fourth-order valence-electron chi connectivity index (χ4n) is 2.72. The summed E-state index contributed by atoms with van der Waals surface area (Å²) in [5.74, 6) is 0.628. The maximum absolute atomic E-state index is 11.7. The van der Waals surface area contributed by atoms with Gasteiger partial charge in [-0.3, -0.25) is 14.9 Å². The molecule has 1 fully saturated rings. The number of benzene rings is 2. The molecule has 4 rings (SSSR count). The molecule has 1 N–H and O–H groups in total. The van der Waals surface area contributed by atoms with Crippen LogP contribution in [0.25, 0.3) is 10.1 Å². The standard InChI is InChI=1S/C19H15NO3S2/c21-18-17(25-19(22)20-18)10-15-9-13-8-14(6-7-16(13)24-15)23-11-12-4-2-1-3-5-12/h1-9,17H,10-11H2,(H,20,21,22). The highest BCUT2D eigenvalue weighted by Gasteiger charge is 2.31. The third-order valence-corrected chi connectivity index (χ3v) is 6.06. The van der Waals surface area contributed by atoms with Crippen molar-refractivity contribution >= 4 is 44.3 Å². The maximum atomic E-state index is 11.7. The van der Waals surface area contributed by atoms with E-state index in [-0.39, 0.29) is 16.4 Å². The van der Waals surface area contributed by atoms with E-state index in [1.165, 1.54) is 0 Å². The summed E-state index contributed by atoms with van der Waals surface area (Å²) in [5, 5.41) is 2.85. The fraction of sp³-hybridized carbons (Fsp3) is 0.158. The first-order chi connectivity index (χ1) is 12.2. The van der Waals surface area contributed by atoms with E-state index in [0.717, 1.165) is 38.0 Å². The Kier molecular flexibility index (Phi) is 4.46. The number of amides is 2. The Bertz CT molecular complexity index is 936. The van der Waals surface area contributed by atoms with Gasteiger partial charge in [0.15, 0.2) is 0 Å². The predicted molar refractivity (Wildman–Crippen MR) is 101 cm³/mol. The second kappa shape index (κ2) is 6.90. The van der Waals surface area contributed by atoms with Gasteiger partial charge in [-0.05, 0) is 35.2 Å². The predicted octanol–water partition coefficient (Wildman–Crippen LogP) is 4.37. The molecule has 1 aliphatic heterocycles. The van der Waals surface area contributed by atoms with E-state index in [1.807, 2.05) is 48.5 Å². The normalized spacial score (nSPS) is 17.0. The molecule has 0 radical (unpaired) electrons. The molecule has 1 saturated heterocycles. The lowest BCUT2D eigenvalue weighted by atomic mass is 10.2. The topological polar surface area (TPSA) is 55.4 Å². The number of carbonyl (C=O) groups is 2. The molecule has 126 valence electrons. The minimum Gasteiger partial charge on any atom is -0.489 e. The molecule has 2 heterocycles. The summed E-state index contributed by atoms with van der Waals surface area (Å²) in [6.07, 6.45) is 0.571. The zero-order valence-corrected chi connectivity index (χ0v) is 14.9. The van der Waals surface area contributed by atoms with Gasteiger partial charge in [0.05, 0.1) is 5.25 Å². The molecule has 2 amide bonds. The SMILES string of the molecule is O=C1NC(=O)C(Cc2cc3cc(OCc4ccccc4)ccc3s2)S1. The second-order valence-electron chi connectivity index (χ2n) is 5.77. The highest BCUT2D eigenvalue weighted by molar-refractivity contribution is 8.15. The molecular formula is C19H15NO3S2. The number of imide groups is 1. The lowest BCUT2D eigenvalue weighted by molar-refractivity contribution is -0.118. The van der Waals surface area contributed by atoms with E-state index in [9.17, 15) is 9.59 Å². The number of carbonyl (C=O) groups excluding carboxylic acids is 2. The largest absolute Gasteiger partial charge is 0.489 e. The molecule has 6 heteroatoms. The number of ether oxygens (including phenoxy) is 1. The van der Waals surface area contributed by atoms with Gasteiger partial charge >= 0.3 is 0 Å². The number of rotatable bonds is 5. The van der Waals surface area contributed by atoms with Crippen LogP contribution in [0.1, 0.15) is 10.4 Å². The number of fused-ring (bicyclic) bond motifs is 1. The van der Waals surface area contributed by atoms with Crippen LogP contribution in [-0.4, -0.2) is 16.4 Å². The average Bonchev–Trinajstić information content (AvgIpc) is 3.15. The summed E-state index contributed by atoms with van der Waals surface area (Å²) in [7, 11) is 0. The van der Waals surface area contributed by atoms with Gasteiger partial charge in [0, 0.05) is 16.0 Å². The number of hydrogen-bond acceptors (Lipinski definition) is 5. The lowest BCUT2D eigenvalue weighted by Crippen LogP contribution is -2.25. The number of nitrogens with one attached hydrogen (secondary N) is 1. The first-order valence-electron chi connectivity index (χ1n) is 7.88. The molecule has 3 aromatic rings. The van der Waals surface area contributed by atoms with Gasteiger partial charge in [-0.2, -0.15) is 0 Å². The average molecular weight is 369 g/mol. The third kappa shape index (κ3) is 3.70. The molecule has 1 unspecified atom stereocenters. The van der Waals surface area contributed by atoms with Crippen molar-refractivity contribution in [3.8, 4) is 5.75 Å². The highest BCUT2D eigenvalue weighted by atomic mass is 32.2. The minimum atomic E-state index is -0.325. The first kappa shape index (κ1) is 16.2. The van der Waals surface area contributed by atoms with E-state index in [0.29, 0.717) is 13.0 Å². The van der Waals surface area contributed by atoms with Gasteiger partial charge in [0.25, 0.3) is 5.24 Å². The molecule has 0 spiro atoms. The molecule has 0 saturated carbocycles. The van der Waals surface area contributed by atoms with Crippen molar-refractivity contribution in [1.82, 2.24) is 5.32 Å². The molecule has 1 atom stereocenters. The van der Waals surface area contributed by atoms with Crippen LogP contribution in [-0.2, 0) is 17.8 Å². The third-order valence-electron chi connectivity index (χ3n) is 3.94. The van der Waals surface area contributed by atoms with E-state index in [2.05, 4.69) is 11.4 Å². The molecule has 0 aliphatic carbocycles.